The third kappa shape index (κ3) is 3.59. The summed E-state index contributed by atoms with van der Waals surface area (Å²) in [6, 6.07) is 0. The molecule has 1 aliphatic rings. The van der Waals surface area contributed by atoms with Crippen molar-refractivity contribution >= 4 is 6.47 Å². The second-order valence-electron chi connectivity index (χ2n) is 3.97. The Morgan fingerprint density at radius 1 is 1.54 bits per heavy atom. The first-order chi connectivity index (χ1) is 6.14. The van der Waals surface area contributed by atoms with Crippen molar-refractivity contribution in [1.82, 2.24) is 4.90 Å². The highest BCUT2D eigenvalue weighted by Gasteiger charge is 2.22. The fourth-order valence-electron chi connectivity index (χ4n) is 1.54. The molecule has 3 nitrogen and oxygen atoms in total. The van der Waals surface area contributed by atoms with Crippen molar-refractivity contribution in [3.05, 3.63) is 12.2 Å². The summed E-state index contributed by atoms with van der Waals surface area (Å²) in [5.41, 5.74) is -0.368. The first-order valence-corrected chi connectivity index (χ1v) is 4.63. The van der Waals surface area contributed by atoms with Gasteiger partial charge in [-0.25, -0.2) is 0 Å². The van der Waals surface area contributed by atoms with E-state index in [1.54, 1.807) is 0 Å². The van der Waals surface area contributed by atoms with Crippen LogP contribution in [0.4, 0.5) is 0 Å². The smallest absolute Gasteiger partial charge is 0.293 e. The molecule has 1 rings (SSSR count). The molecule has 0 aliphatic carbocycles. The molecule has 0 spiro atoms. The van der Waals surface area contributed by atoms with Gasteiger partial charge < -0.3 is 4.74 Å². The van der Waals surface area contributed by atoms with Gasteiger partial charge in [0.15, 0.2) is 0 Å². The molecule has 0 N–H and O–H groups in total. The predicted molar refractivity (Wildman–Crippen MR) is 51.4 cm³/mol. The highest BCUT2D eigenvalue weighted by Crippen LogP contribution is 2.12. The minimum atomic E-state index is -0.368. The molecule has 3 heteroatoms. The number of carbonyl (C=O) groups excluding carboxylic acids is 1. The summed E-state index contributed by atoms with van der Waals surface area (Å²) in [6.07, 6.45) is 5.43. The van der Waals surface area contributed by atoms with E-state index in [4.69, 9.17) is 4.74 Å². The molecule has 0 aromatic carbocycles. The van der Waals surface area contributed by atoms with E-state index in [0.717, 1.165) is 26.1 Å². The standard InChI is InChI=1S/C10H17NO2/c1-10(2,13-9-12)8-11-6-4-3-5-7-11/h3-4,9H,5-8H2,1-2H3. The Labute approximate surface area is 79.4 Å². The van der Waals surface area contributed by atoms with E-state index in [0.29, 0.717) is 6.47 Å². The van der Waals surface area contributed by atoms with E-state index in [1.807, 2.05) is 13.8 Å². The Hall–Kier alpha value is -0.830. The first-order valence-electron chi connectivity index (χ1n) is 4.63. The molecule has 1 aliphatic heterocycles. The van der Waals surface area contributed by atoms with Crippen LogP contribution in [0.2, 0.25) is 0 Å². The topological polar surface area (TPSA) is 29.5 Å². The number of carbonyl (C=O) groups is 1. The maximum atomic E-state index is 10.2. The van der Waals surface area contributed by atoms with Crippen molar-refractivity contribution in [3.63, 3.8) is 0 Å². The Balaban J connectivity index is 2.37. The molecule has 74 valence electrons. The Kier molecular flexibility index (Phi) is 3.48. The predicted octanol–water partition coefficient (Wildman–Crippen LogP) is 1.20. The highest BCUT2D eigenvalue weighted by atomic mass is 16.5. The fourth-order valence-corrected chi connectivity index (χ4v) is 1.54. The zero-order chi connectivity index (χ0) is 9.73. The molecule has 0 aromatic rings. The van der Waals surface area contributed by atoms with E-state index >= 15 is 0 Å². The van der Waals surface area contributed by atoms with Crippen molar-refractivity contribution in [3.8, 4) is 0 Å². The van der Waals surface area contributed by atoms with Crippen molar-refractivity contribution < 1.29 is 9.53 Å². The number of ether oxygens (including phenoxy) is 1. The fraction of sp³-hybridized carbons (Fsp3) is 0.700. The van der Waals surface area contributed by atoms with Gasteiger partial charge in [-0.05, 0) is 20.3 Å². The van der Waals surface area contributed by atoms with Crippen LogP contribution >= 0.6 is 0 Å². The summed E-state index contributed by atoms with van der Waals surface area (Å²) in [6.45, 7) is 7.21. The van der Waals surface area contributed by atoms with Crippen LogP contribution in [-0.4, -0.2) is 36.6 Å². The van der Waals surface area contributed by atoms with E-state index in [-0.39, 0.29) is 5.60 Å². The van der Waals surface area contributed by atoms with E-state index in [2.05, 4.69) is 17.1 Å². The average Bonchev–Trinajstić information content (AvgIpc) is 2.04. The largest absolute Gasteiger partial charge is 0.461 e. The number of rotatable bonds is 4. The second-order valence-corrected chi connectivity index (χ2v) is 3.97. The summed E-state index contributed by atoms with van der Waals surface area (Å²) in [5, 5.41) is 0. The Morgan fingerprint density at radius 2 is 2.31 bits per heavy atom. The van der Waals surface area contributed by atoms with Gasteiger partial charge >= 0.3 is 0 Å². The molecule has 0 amide bonds. The second kappa shape index (κ2) is 4.42. The molecular weight excluding hydrogens is 166 g/mol. The molecule has 0 saturated carbocycles. The van der Waals surface area contributed by atoms with Crippen LogP contribution < -0.4 is 0 Å². The molecule has 0 saturated heterocycles. The molecule has 13 heavy (non-hydrogen) atoms. The van der Waals surface area contributed by atoms with Crippen molar-refractivity contribution in [2.75, 3.05) is 19.6 Å². The van der Waals surface area contributed by atoms with Crippen molar-refractivity contribution in [2.45, 2.75) is 25.9 Å². The van der Waals surface area contributed by atoms with Crippen LogP contribution in [0.3, 0.4) is 0 Å². The van der Waals surface area contributed by atoms with E-state index < -0.39 is 0 Å². The minimum absolute atomic E-state index is 0.368. The molecule has 0 aromatic heterocycles. The van der Waals surface area contributed by atoms with Crippen molar-refractivity contribution in [2.24, 2.45) is 0 Å². The summed E-state index contributed by atoms with van der Waals surface area (Å²) >= 11 is 0. The molecule has 0 fully saturated rings. The minimum Gasteiger partial charge on any atom is -0.461 e. The van der Waals surface area contributed by atoms with E-state index in [9.17, 15) is 4.79 Å². The lowest BCUT2D eigenvalue weighted by molar-refractivity contribution is -0.141. The van der Waals surface area contributed by atoms with Crippen LogP contribution in [0.1, 0.15) is 20.3 Å². The quantitative estimate of drug-likeness (QED) is 0.484. The van der Waals surface area contributed by atoms with Gasteiger partial charge in [-0.3, -0.25) is 9.69 Å². The van der Waals surface area contributed by atoms with Crippen LogP contribution in [0.25, 0.3) is 0 Å². The Bertz CT molecular complexity index is 199. The Morgan fingerprint density at radius 3 is 2.85 bits per heavy atom. The van der Waals surface area contributed by atoms with Gasteiger partial charge in [0.05, 0.1) is 0 Å². The highest BCUT2D eigenvalue weighted by molar-refractivity contribution is 5.38. The van der Waals surface area contributed by atoms with Crippen molar-refractivity contribution in [1.29, 1.82) is 0 Å². The molecule has 1 heterocycles. The molecule has 0 atom stereocenters. The van der Waals surface area contributed by atoms with Crippen LogP contribution in [0.15, 0.2) is 12.2 Å². The van der Waals surface area contributed by atoms with Gasteiger partial charge in [-0.2, -0.15) is 0 Å². The first kappa shape index (κ1) is 10.3. The third-order valence-electron chi connectivity index (χ3n) is 2.11. The monoisotopic (exact) mass is 183 g/mol. The van der Waals surface area contributed by atoms with Crippen LogP contribution in [-0.2, 0) is 9.53 Å². The van der Waals surface area contributed by atoms with Gasteiger partial charge in [0.25, 0.3) is 6.47 Å². The van der Waals surface area contributed by atoms with Gasteiger partial charge in [-0.15, -0.1) is 0 Å². The third-order valence-corrected chi connectivity index (χ3v) is 2.11. The van der Waals surface area contributed by atoms with Gasteiger partial charge in [0.2, 0.25) is 0 Å². The average molecular weight is 183 g/mol. The lowest BCUT2D eigenvalue weighted by atomic mass is 10.1. The van der Waals surface area contributed by atoms with Crippen LogP contribution in [0.5, 0.6) is 0 Å². The summed E-state index contributed by atoms with van der Waals surface area (Å²) in [5.74, 6) is 0. The lowest BCUT2D eigenvalue weighted by Gasteiger charge is -2.31. The number of hydrogen-bond donors (Lipinski definition) is 0. The maximum Gasteiger partial charge on any atom is 0.293 e. The zero-order valence-electron chi connectivity index (χ0n) is 8.32. The van der Waals surface area contributed by atoms with Gasteiger partial charge in [0, 0.05) is 19.6 Å². The van der Waals surface area contributed by atoms with Gasteiger partial charge in [-0.1, -0.05) is 12.2 Å². The number of hydrogen-bond acceptors (Lipinski definition) is 3. The SMILES string of the molecule is CC(C)(CN1CC=CCC1)OC=O. The maximum absolute atomic E-state index is 10.2. The molecule has 0 radical (unpaired) electrons. The molecular formula is C10H17NO2. The molecule has 0 bridgehead atoms. The summed E-state index contributed by atoms with van der Waals surface area (Å²) < 4.78 is 4.99. The lowest BCUT2D eigenvalue weighted by Crippen LogP contribution is -2.41. The van der Waals surface area contributed by atoms with E-state index in [1.165, 1.54) is 0 Å². The molecule has 0 unspecified atom stereocenters. The number of nitrogens with zero attached hydrogens (tertiary/aromatic N) is 1. The zero-order valence-corrected chi connectivity index (χ0v) is 8.32. The van der Waals surface area contributed by atoms with Crippen LogP contribution in [0, 0.1) is 0 Å². The summed E-state index contributed by atoms with van der Waals surface area (Å²) in [4.78, 5) is 12.5. The van der Waals surface area contributed by atoms with Gasteiger partial charge in [0.1, 0.15) is 5.60 Å². The normalized spacial score (nSPS) is 18.6. The summed E-state index contributed by atoms with van der Waals surface area (Å²) in [7, 11) is 0.